The zero-order valence-corrected chi connectivity index (χ0v) is 21.0. The first-order valence-electron chi connectivity index (χ1n) is 10.1. The van der Waals surface area contributed by atoms with Crippen LogP contribution < -0.4 is 0 Å². The largest absolute Gasteiger partial charge is 0.382 e. The summed E-state index contributed by atoms with van der Waals surface area (Å²) in [6, 6.07) is 12.3. The lowest BCUT2D eigenvalue weighted by Gasteiger charge is -2.32. The molecule has 0 saturated heterocycles. The van der Waals surface area contributed by atoms with E-state index in [1.54, 1.807) is 14.2 Å². The maximum Gasteiger partial charge on any atom is 0.223 e. The molecule has 0 spiro atoms. The highest BCUT2D eigenvalue weighted by atomic mass is 79.9. The second kappa shape index (κ2) is 12.4. The van der Waals surface area contributed by atoms with Gasteiger partial charge >= 0.3 is 0 Å². The Hall–Kier alpha value is -0.840. The van der Waals surface area contributed by atoms with Crippen molar-refractivity contribution in [1.82, 2.24) is 0 Å². The molecule has 0 amide bonds. The summed E-state index contributed by atoms with van der Waals surface area (Å²) >= 11 is 7.20. The lowest BCUT2D eigenvalue weighted by molar-refractivity contribution is -0.226. The minimum Gasteiger partial charge on any atom is -0.382 e. The molecule has 0 atom stereocenters. The smallest absolute Gasteiger partial charge is 0.223 e. The second-order valence-electron chi connectivity index (χ2n) is 6.90. The van der Waals surface area contributed by atoms with Crippen LogP contribution in [0.1, 0.15) is 11.1 Å². The molecule has 170 valence electrons. The van der Waals surface area contributed by atoms with Crippen molar-refractivity contribution < 1.29 is 28.4 Å². The maximum absolute atomic E-state index is 6.45. The first-order chi connectivity index (χ1) is 15.1. The quantitative estimate of drug-likeness (QED) is 0.246. The van der Waals surface area contributed by atoms with E-state index in [0.717, 1.165) is 31.2 Å². The van der Waals surface area contributed by atoms with Gasteiger partial charge in [0.05, 0.1) is 52.9 Å². The lowest BCUT2D eigenvalue weighted by atomic mass is 10.0. The van der Waals surface area contributed by atoms with Crippen LogP contribution in [-0.4, -0.2) is 67.1 Å². The number of fused-ring (bicyclic) bond motifs is 3. The van der Waals surface area contributed by atoms with Crippen LogP contribution in [0, 0.1) is 0 Å². The minimum absolute atomic E-state index is 0.367. The standard InChI is InChI=1S/C23H28Br2O6/c1-26-7-9-28-11-13-30-23(31-14-12-29-10-8-27-2)21-15-17(24)3-5-19(21)20-6-4-18(25)16-22(20)23/h3-6,15-16H,7-14H2,1-2H3. The molecule has 0 saturated carbocycles. The molecule has 0 N–H and O–H groups in total. The van der Waals surface area contributed by atoms with E-state index in [9.17, 15) is 0 Å². The summed E-state index contributed by atoms with van der Waals surface area (Å²) < 4.78 is 36.1. The van der Waals surface area contributed by atoms with Gasteiger partial charge in [0, 0.05) is 34.3 Å². The Morgan fingerprint density at radius 3 is 1.45 bits per heavy atom. The molecule has 0 unspecified atom stereocenters. The fraction of sp³-hybridized carbons (Fsp3) is 0.478. The summed E-state index contributed by atoms with van der Waals surface area (Å²) in [7, 11) is 3.30. The van der Waals surface area contributed by atoms with E-state index in [-0.39, 0.29) is 0 Å². The van der Waals surface area contributed by atoms with Crippen molar-refractivity contribution in [3.05, 3.63) is 56.5 Å². The average molecular weight is 560 g/mol. The van der Waals surface area contributed by atoms with Gasteiger partial charge in [-0.2, -0.15) is 0 Å². The minimum atomic E-state index is -1.05. The Morgan fingerprint density at radius 2 is 1.03 bits per heavy atom. The van der Waals surface area contributed by atoms with Crippen LogP contribution in [0.25, 0.3) is 11.1 Å². The van der Waals surface area contributed by atoms with Crippen molar-refractivity contribution in [3.8, 4) is 11.1 Å². The topological polar surface area (TPSA) is 55.4 Å². The molecule has 31 heavy (non-hydrogen) atoms. The normalized spacial score (nSPS) is 13.9. The van der Waals surface area contributed by atoms with Gasteiger partial charge in [-0.1, -0.05) is 44.0 Å². The van der Waals surface area contributed by atoms with Gasteiger partial charge in [0.25, 0.3) is 0 Å². The van der Waals surface area contributed by atoms with Crippen LogP contribution in [0.5, 0.6) is 0 Å². The van der Waals surface area contributed by atoms with E-state index < -0.39 is 5.79 Å². The van der Waals surface area contributed by atoms with Crippen molar-refractivity contribution in [1.29, 1.82) is 0 Å². The van der Waals surface area contributed by atoms with E-state index in [4.69, 9.17) is 28.4 Å². The summed E-state index contributed by atoms with van der Waals surface area (Å²) in [6.07, 6.45) is 0. The van der Waals surface area contributed by atoms with Crippen LogP contribution in [0.4, 0.5) is 0 Å². The summed E-state index contributed by atoms with van der Waals surface area (Å²) in [5.41, 5.74) is 4.10. The Bertz CT molecular complexity index is 775. The zero-order chi connectivity index (χ0) is 22.1. The summed E-state index contributed by atoms with van der Waals surface area (Å²) in [4.78, 5) is 0. The van der Waals surface area contributed by atoms with Crippen LogP contribution in [0.3, 0.4) is 0 Å². The Kier molecular flexibility index (Phi) is 9.93. The molecular formula is C23H28Br2O6. The number of benzene rings is 2. The van der Waals surface area contributed by atoms with Gasteiger partial charge in [0.2, 0.25) is 5.79 Å². The molecule has 0 heterocycles. The number of methoxy groups -OCH3 is 2. The highest BCUT2D eigenvalue weighted by molar-refractivity contribution is 9.10. The summed E-state index contributed by atoms with van der Waals surface area (Å²) in [6.45, 7) is 3.74. The highest BCUT2D eigenvalue weighted by Crippen LogP contribution is 2.51. The summed E-state index contributed by atoms with van der Waals surface area (Å²) in [5, 5.41) is 0. The van der Waals surface area contributed by atoms with Crippen LogP contribution in [0.2, 0.25) is 0 Å². The SMILES string of the molecule is COCCOCCOC1(OCCOCCOC)c2cc(Br)ccc2-c2ccc(Br)cc21. The Labute approximate surface area is 200 Å². The molecule has 0 aliphatic heterocycles. The van der Waals surface area contributed by atoms with Gasteiger partial charge in [0.15, 0.2) is 0 Å². The van der Waals surface area contributed by atoms with E-state index in [0.29, 0.717) is 52.9 Å². The third-order valence-corrected chi connectivity index (χ3v) is 5.88. The zero-order valence-electron chi connectivity index (χ0n) is 17.8. The molecule has 0 bridgehead atoms. The molecule has 6 nitrogen and oxygen atoms in total. The fourth-order valence-corrected chi connectivity index (χ4v) is 4.24. The van der Waals surface area contributed by atoms with Crippen LogP contribution in [0.15, 0.2) is 45.3 Å². The van der Waals surface area contributed by atoms with Crippen LogP contribution in [-0.2, 0) is 34.2 Å². The molecule has 8 heteroatoms. The average Bonchev–Trinajstić information content (AvgIpc) is 3.02. The Balaban J connectivity index is 1.85. The molecule has 0 radical (unpaired) electrons. The number of hydrogen-bond donors (Lipinski definition) is 0. The van der Waals surface area contributed by atoms with Crippen molar-refractivity contribution in [2.45, 2.75) is 5.79 Å². The number of rotatable bonds is 14. The first-order valence-corrected chi connectivity index (χ1v) is 11.7. The van der Waals surface area contributed by atoms with E-state index in [1.807, 2.05) is 12.1 Å². The molecule has 0 aromatic heterocycles. The highest BCUT2D eigenvalue weighted by Gasteiger charge is 2.46. The van der Waals surface area contributed by atoms with Gasteiger partial charge in [-0.05, 0) is 35.4 Å². The lowest BCUT2D eigenvalue weighted by Crippen LogP contribution is -2.35. The van der Waals surface area contributed by atoms with Gasteiger partial charge in [-0.15, -0.1) is 0 Å². The molecule has 2 aromatic carbocycles. The fourth-order valence-electron chi connectivity index (χ4n) is 3.52. The van der Waals surface area contributed by atoms with Crippen LogP contribution >= 0.6 is 31.9 Å². The van der Waals surface area contributed by atoms with Crippen molar-refractivity contribution in [2.75, 3.05) is 67.1 Å². The van der Waals surface area contributed by atoms with Crippen molar-refractivity contribution in [3.63, 3.8) is 0 Å². The Morgan fingerprint density at radius 1 is 0.613 bits per heavy atom. The number of halogens is 2. The maximum atomic E-state index is 6.45. The van der Waals surface area contributed by atoms with E-state index in [2.05, 4.69) is 56.1 Å². The third-order valence-electron chi connectivity index (χ3n) is 4.89. The van der Waals surface area contributed by atoms with E-state index in [1.165, 1.54) is 0 Å². The third kappa shape index (κ3) is 6.15. The molecule has 2 aromatic rings. The van der Waals surface area contributed by atoms with Gasteiger partial charge in [-0.25, -0.2) is 0 Å². The number of hydrogen-bond acceptors (Lipinski definition) is 6. The van der Waals surface area contributed by atoms with E-state index >= 15 is 0 Å². The first kappa shape index (κ1) is 24.8. The van der Waals surface area contributed by atoms with Gasteiger partial charge < -0.3 is 28.4 Å². The van der Waals surface area contributed by atoms with Crippen molar-refractivity contribution in [2.24, 2.45) is 0 Å². The van der Waals surface area contributed by atoms with Crippen molar-refractivity contribution >= 4 is 31.9 Å². The molecular weight excluding hydrogens is 532 g/mol. The van der Waals surface area contributed by atoms with Gasteiger partial charge in [0.1, 0.15) is 0 Å². The summed E-state index contributed by atoms with van der Waals surface area (Å²) in [5.74, 6) is -1.05. The van der Waals surface area contributed by atoms with Gasteiger partial charge in [-0.3, -0.25) is 0 Å². The molecule has 0 fully saturated rings. The monoisotopic (exact) mass is 558 g/mol. The molecule has 1 aliphatic rings. The second-order valence-corrected chi connectivity index (χ2v) is 8.74. The number of ether oxygens (including phenoxy) is 6. The predicted octanol–water partition coefficient (Wildman–Crippen LogP) is 4.75. The molecule has 1 aliphatic carbocycles. The predicted molar refractivity (Wildman–Crippen MR) is 125 cm³/mol. The molecule has 3 rings (SSSR count).